The number of thiophene rings is 1. The van der Waals surface area contributed by atoms with Crippen molar-refractivity contribution < 1.29 is 9.90 Å². The van der Waals surface area contributed by atoms with E-state index in [4.69, 9.17) is 0 Å². The maximum absolute atomic E-state index is 11.9. The Labute approximate surface area is 127 Å². The van der Waals surface area contributed by atoms with Crippen LogP contribution in [0.5, 0.6) is 0 Å². The zero-order chi connectivity index (χ0) is 14.7. The average Bonchev–Trinajstić information content (AvgIpc) is 2.97. The van der Waals surface area contributed by atoms with Crippen molar-refractivity contribution in [1.82, 2.24) is 5.32 Å². The predicted molar refractivity (Wildman–Crippen MR) is 85.6 cm³/mol. The summed E-state index contributed by atoms with van der Waals surface area (Å²) in [5, 5.41) is 17.5. The topological polar surface area (TPSA) is 61.4 Å². The molecule has 0 atom stereocenters. The van der Waals surface area contributed by atoms with Crippen LogP contribution in [0.2, 0.25) is 0 Å². The number of hydrogen-bond acceptors (Lipinski definition) is 3. The van der Waals surface area contributed by atoms with Gasteiger partial charge in [-0.25, -0.2) is 4.79 Å². The Morgan fingerprint density at radius 2 is 2.14 bits per heavy atom. The molecule has 1 aliphatic rings. The summed E-state index contributed by atoms with van der Waals surface area (Å²) in [6, 6.07) is 11.5. The number of carbonyl (C=O) groups is 1. The minimum atomic E-state index is -0.698. The molecule has 1 saturated carbocycles. The average molecular weight is 302 g/mol. The fraction of sp³-hybridized carbons (Fsp3) is 0.312. The molecule has 2 aromatic rings. The Hall–Kier alpha value is -1.85. The van der Waals surface area contributed by atoms with Crippen molar-refractivity contribution in [3.05, 3.63) is 41.8 Å². The second-order valence-electron chi connectivity index (χ2n) is 5.44. The molecule has 1 heterocycles. The largest absolute Gasteiger partial charge is 0.388 e. The van der Waals surface area contributed by atoms with Gasteiger partial charge >= 0.3 is 6.03 Å². The van der Waals surface area contributed by atoms with Gasteiger partial charge in [-0.2, -0.15) is 0 Å². The molecular weight excluding hydrogens is 284 g/mol. The minimum absolute atomic E-state index is 0.279. The highest BCUT2D eigenvalue weighted by atomic mass is 32.1. The van der Waals surface area contributed by atoms with Crippen LogP contribution >= 0.6 is 11.3 Å². The first-order valence-electron chi connectivity index (χ1n) is 7.06. The Bertz CT molecular complexity index is 621. The van der Waals surface area contributed by atoms with Crippen molar-refractivity contribution in [2.75, 3.05) is 11.9 Å². The first-order valence-corrected chi connectivity index (χ1v) is 7.94. The number of nitrogens with one attached hydrogen (secondary N) is 2. The fourth-order valence-corrected chi connectivity index (χ4v) is 3.10. The summed E-state index contributed by atoms with van der Waals surface area (Å²) in [6.07, 6.45) is 2.56. The summed E-state index contributed by atoms with van der Waals surface area (Å²) >= 11 is 1.67. The van der Waals surface area contributed by atoms with Crippen LogP contribution < -0.4 is 10.6 Å². The normalized spacial score (nSPS) is 16.0. The van der Waals surface area contributed by atoms with Gasteiger partial charge in [-0.1, -0.05) is 18.2 Å². The summed E-state index contributed by atoms with van der Waals surface area (Å²) in [5.74, 6) is 0. The van der Waals surface area contributed by atoms with Crippen LogP contribution in [0.25, 0.3) is 10.4 Å². The van der Waals surface area contributed by atoms with Crippen molar-refractivity contribution >= 4 is 23.1 Å². The zero-order valence-electron chi connectivity index (χ0n) is 11.6. The number of amides is 2. The third-order valence-corrected chi connectivity index (χ3v) is 4.71. The molecule has 0 aliphatic heterocycles. The van der Waals surface area contributed by atoms with Crippen molar-refractivity contribution in [3.8, 4) is 10.4 Å². The SMILES string of the molecule is O=C(NCC1(O)CCC1)Nc1cccc(-c2cccs2)c1. The van der Waals surface area contributed by atoms with Crippen LogP contribution in [0, 0.1) is 0 Å². The molecule has 4 nitrogen and oxygen atoms in total. The number of urea groups is 1. The molecule has 0 unspecified atom stereocenters. The number of carbonyl (C=O) groups excluding carboxylic acids is 1. The number of benzene rings is 1. The van der Waals surface area contributed by atoms with Gasteiger partial charge in [0.2, 0.25) is 0 Å². The highest BCUT2D eigenvalue weighted by Gasteiger charge is 2.34. The molecule has 3 rings (SSSR count). The van der Waals surface area contributed by atoms with Crippen LogP contribution in [0.1, 0.15) is 19.3 Å². The van der Waals surface area contributed by atoms with Gasteiger partial charge in [0, 0.05) is 17.1 Å². The van der Waals surface area contributed by atoms with Crippen LogP contribution in [-0.4, -0.2) is 23.3 Å². The van der Waals surface area contributed by atoms with Gasteiger partial charge in [0.1, 0.15) is 0 Å². The van der Waals surface area contributed by atoms with Crippen molar-refractivity contribution in [2.24, 2.45) is 0 Å². The second kappa shape index (κ2) is 5.87. The third-order valence-electron chi connectivity index (χ3n) is 3.79. The fourth-order valence-electron chi connectivity index (χ4n) is 2.37. The molecule has 3 N–H and O–H groups in total. The minimum Gasteiger partial charge on any atom is -0.388 e. The van der Waals surface area contributed by atoms with E-state index in [1.165, 1.54) is 4.88 Å². The van der Waals surface area contributed by atoms with Crippen molar-refractivity contribution in [3.63, 3.8) is 0 Å². The summed E-state index contributed by atoms with van der Waals surface area (Å²) in [4.78, 5) is 13.0. The van der Waals surface area contributed by atoms with E-state index in [2.05, 4.69) is 16.7 Å². The van der Waals surface area contributed by atoms with Gasteiger partial charge in [-0.15, -0.1) is 11.3 Å². The van der Waals surface area contributed by atoms with Gasteiger partial charge in [0.15, 0.2) is 0 Å². The lowest BCUT2D eigenvalue weighted by atomic mass is 9.80. The number of anilines is 1. The maximum Gasteiger partial charge on any atom is 0.319 e. The molecule has 0 spiro atoms. The van der Waals surface area contributed by atoms with E-state index in [0.717, 1.165) is 30.5 Å². The highest BCUT2D eigenvalue weighted by Crippen LogP contribution is 2.30. The Kier molecular flexibility index (Phi) is 3.94. The molecular formula is C16H18N2O2S. The van der Waals surface area contributed by atoms with Crippen molar-refractivity contribution in [2.45, 2.75) is 24.9 Å². The predicted octanol–water partition coefficient (Wildman–Crippen LogP) is 3.45. The summed E-state index contributed by atoms with van der Waals surface area (Å²) < 4.78 is 0. The summed E-state index contributed by atoms with van der Waals surface area (Å²) in [7, 11) is 0. The monoisotopic (exact) mass is 302 g/mol. The molecule has 2 amide bonds. The number of hydrogen-bond donors (Lipinski definition) is 3. The van der Waals surface area contributed by atoms with Gasteiger partial charge in [0.25, 0.3) is 0 Å². The molecule has 1 aromatic heterocycles. The summed E-state index contributed by atoms with van der Waals surface area (Å²) in [6.45, 7) is 0.309. The van der Waals surface area contributed by atoms with Gasteiger partial charge in [0.05, 0.1) is 5.60 Å². The van der Waals surface area contributed by atoms with Crippen LogP contribution in [-0.2, 0) is 0 Å². The molecule has 5 heteroatoms. The van der Waals surface area contributed by atoms with E-state index in [-0.39, 0.29) is 6.03 Å². The zero-order valence-corrected chi connectivity index (χ0v) is 12.5. The molecule has 0 radical (unpaired) electrons. The van der Waals surface area contributed by atoms with E-state index < -0.39 is 5.60 Å². The lowest BCUT2D eigenvalue weighted by Gasteiger charge is -2.36. The quantitative estimate of drug-likeness (QED) is 0.810. The van der Waals surface area contributed by atoms with Gasteiger partial charge in [-0.3, -0.25) is 0 Å². The van der Waals surface area contributed by atoms with E-state index in [9.17, 15) is 9.90 Å². The molecule has 0 bridgehead atoms. The maximum atomic E-state index is 11.9. The standard InChI is InChI=1S/C16H18N2O2S/c19-15(17-11-16(20)7-3-8-16)18-13-5-1-4-12(10-13)14-6-2-9-21-14/h1-2,4-6,9-10,20H,3,7-8,11H2,(H2,17,18,19). The van der Waals surface area contributed by atoms with Crippen LogP contribution in [0.3, 0.4) is 0 Å². The lowest BCUT2D eigenvalue weighted by molar-refractivity contribution is -0.0287. The number of aliphatic hydroxyl groups is 1. The highest BCUT2D eigenvalue weighted by molar-refractivity contribution is 7.13. The van der Waals surface area contributed by atoms with Crippen LogP contribution in [0.15, 0.2) is 41.8 Å². The first kappa shape index (κ1) is 14.1. The Morgan fingerprint density at radius 1 is 1.29 bits per heavy atom. The smallest absolute Gasteiger partial charge is 0.319 e. The van der Waals surface area contributed by atoms with E-state index >= 15 is 0 Å². The molecule has 110 valence electrons. The van der Waals surface area contributed by atoms with E-state index in [1.54, 1.807) is 11.3 Å². The van der Waals surface area contributed by atoms with E-state index in [0.29, 0.717) is 6.54 Å². The van der Waals surface area contributed by atoms with Gasteiger partial charge in [-0.05, 0) is 48.4 Å². The van der Waals surface area contributed by atoms with E-state index in [1.807, 2.05) is 35.7 Å². The third kappa shape index (κ3) is 3.43. The molecule has 1 aromatic carbocycles. The summed E-state index contributed by atoms with van der Waals surface area (Å²) in [5.41, 5.74) is 1.13. The Balaban J connectivity index is 1.59. The molecule has 1 aliphatic carbocycles. The molecule has 1 fully saturated rings. The van der Waals surface area contributed by atoms with Gasteiger partial charge < -0.3 is 15.7 Å². The molecule has 21 heavy (non-hydrogen) atoms. The van der Waals surface area contributed by atoms with Crippen LogP contribution in [0.4, 0.5) is 10.5 Å². The number of rotatable bonds is 4. The Morgan fingerprint density at radius 3 is 2.81 bits per heavy atom. The molecule has 0 saturated heterocycles. The second-order valence-corrected chi connectivity index (χ2v) is 6.39. The lowest BCUT2D eigenvalue weighted by Crippen LogP contribution is -2.48. The van der Waals surface area contributed by atoms with Crippen molar-refractivity contribution in [1.29, 1.82) is 0 Å². The first-order chi connectivity index (χ1) is 10.1.